The van der Waals surface area contributed by atoms with Gasteiger partial charge in [0.05, 0.1) is 23.8 Å². The van der Waals surface area contributed by atoms with Gasteiger partial charge in [0.25, 0.3) is 5.91 Å². The lowest BCUT2D eigenvalue weighted by Gasteiger charge is -2.25. The Morgan fingerprint density at radius 2 is 2.12 bits per heavy atom. The smallest absolute Gasteiger partial charge is 0.272 e. The van der Waals surface area contributed by atoms with Crippen LogP contribution >= 0.6 is 0 Å². The van der Waals surface area contributed by atoms with Crippen molar-refractivity contribution >= 4 is 11.8 Å². The molecule has 1 aliphatic heterocycles. The van der Waals surface area contributed by atoms with Crippen LogP contribution in [0.4, 0.5) is 0 Å². The maximum Gasteiger partial charge on any atom is 0.272 e. The summed E-state index contributed by atoms with van der Waals surface area (Å²) in [5.41, 5.74) is 7.91. The lowest BCUT2D eigenvalue weighted by Crippen LogP contribution is -2.38. The molecule has 3 heterocycles. The van der Waals surface area contributed by atoms with Crippen LogP contribution in [0.5, 0.6) is 0 Å². The van der Waals surface area contributed by atoms with E-state index >= 15 is 0 Å². The van der Waals surface area contributed by atoms with Crippen LogP contribution < -0.4 is 5.73 Å². The zero-order valence-corrected chi connectivity index (χ0v) is 13.9. The Kier molecular flexibility index (Phi) is 4.33. The average molecular weight is 327 g/mol. The highest BCUT2D eigenvalue weighted by atomic mass is 16.2. The van der Waals surface area contributed by atoms with E-state index < -0.39 is 5.91 Å². The number of aromatic nitrogens is 3. The number of carbonyl (C=O) groups excluding carboxylic acids is 2. The monoisotopic (exact) mass is 327 g/mol. The van der Waals surface area contributed by atoms with Gasteiger partial charge in [-0.1, -0.05) is 0 Å². The summed E-state index contributed by atoms with van der Waals surface area (Å²) in [5.74, 6) is -0.667. The van der Waals surface area contributed by atoms with Gasteiger partial charge in [0, 0.05) is 18.4 Å². The van der Waals surface area contributed by atoms with Crippen molar-refractivity contribution in [3.63, 3.8) is 0 Å². The number of carbonyl (C=O) groups is 2. The Bertz CT molecular complexity index is 766. The largest absolute Gasteiger partial charge is 0.366 e. The highest BCUT2D eigenvalue weighted by Crippen LogP contribution is 2.21. The van der Waals surface area contributed by atoms with Gasteiger partial charge in [-0.15, -0.1) is 0 Å². The molecule has 3 rings (SSSR count). The minimum Gasteiger partial charge on any atom is -0.366 e. The Morgan fingerprint density at radius 1 is 1.33 bits per heavy atom. The van der Waals surface area contributed by atoms with E-state index in [4.69, 9.17) is 5.73 Å². The highest BCUT2D eigenvalue weighted by molar-refractivity contribution is 5.95. The molecule has 2 aromatic heterocycles. The van der Waals surface area contributed by atoms with Gasteiger partial charge in [0.1, 0.15) is 5.69 Å². The average Bonchev–Trinajstić information content (AvgIpc) is 3.13. The molecule has 0 saturated carbocycles. The molecule has 2 aromatic rings. The fraction of sp³-hybridized carbons (Fsp3) is 0.412. The van der Waals surface area contributed by atoms with E-state index in [1.807, 2.05) is 29.5 Å². The molecule has 0 spiro atoms. The van der Waals surface area contributed by atoms with Gasteiger partial charge in [-0.05, 0) is 44.9 Å². The van der Waals surface area contributed by atoms with Crippen molar-refractivity contribution in [2.45, 2.75) is 39.3 Å². The Hall–Kier alpha value is -2.70. The van der Waals surface area contributed by atoms with Crippen LogP contribution in [0.1, 0.15) is 45.1 Å². The van der Waals surface area contributed by atoms with Gasteiger partial charge in [-0.3, -0.25) is 19.3 Å². The third-order valence-corrected chi connectivity index (χ3v) is 4.39. The second-order valence-electron chi connectivity index (χ2n) is 6.20. The number of amides is 2. The van der Waals surface area contributed by atoms with E-state index in [1.54, 1.807) is 6.07 Å². The number of primary amides is 1. The molecule has 0 radical (unpaired) electrons. The second kappa shape index (κ2) is 6.43. The lowest BCUT2D eigenvalue weighted by atomic mass is 10.2. The molecule has 1 aliphatic rings. The number of likely N-dealkylation sites (tertiary alicyclic amines) is 1. The first-order valence-electron chi connectivity index (χ1n) is 8.03. The van der Waals surface area contributed by atoms with Crippen LogP contribution in [-0.2, 0) is 6.54 Å². The second-order valence-corrected chi connectivity index (χ2v) is 6.20. The van der Waals surface area contributed by atoms with Crippen molar-refractivity contribution in [1.82, 2.24) is 19.7 Å². The highest BCUT2D eigenvalue weighted by Gasteiger charge is 2.30. The summed E-state index contributed by atoms with van der Waals surface area (Å²) in [5, 5.41) is 4.48. The van der Waals surface area contributed by atoms with Crippen molar-refractivity contribution in [1.29, 1.82) is 0 Å². The molecule has 2 N–H and O–H groups in total. The molecule has 1 atom stereocenters. The fourth-order valence-electron chi connectivity index (χ4n) is 3.17. The maximum atomic E-state index is 12.7. The van der Waals surface area contributed by atoms with E-state index in [1.165, 1.54) is 12.3 Å². The lowest BCUT2D eigenvalue weighted by molar-refractivity contribution is 0.0714. The van der Waals surface area contributed by atoms with Crippen molar-refractivity contribution in [3.05, 3.63) is 47.0 Å². The first-order chi connectivity index (χ1) is 11.5. The summed E-state index contributed by atoms with van der Waals surface area (Å²) in [4.78, 5) is 29.8. The summed E-state index contributed by atoms with van der Waals surface area (Å²) in [6, 6.07) is 5.23. The molecular formula is C17H21N5O2. The van der Waals surface area contributed by atoms with Crippen LogP contribution in [0.2, 0.25) is 0 Å². The molecule has 7 nitrogen and oxygen atoms in total. The summed E-state index contributed by atoms with van der Waals surface area (Å²) in [6.45, 7) is 5.38. The summed E-state index contributed by atoms with van der Waals surface area (Å²) in [7, 11) is 0. The Morgan fingerprint density at radius 3 is 2.71 bits per heavy atom. The van der Waals surface area contributed by atoms with Crippen LogP contribution in [0.25, 0.3) is 0 Å². The van der Waals surface area contributed by atoms with Crippen LogP contribution in [0.15, 0.2) is 24.4 Å². The number of rotatable bonds is 4. The predicted molar refractivity (Wildman–Crippen MR) is 88.5 cm³/mol. The fourth-order valence-corrected chi connectivity index (χ4v) is 3.17. The molecule has 0 aromatic carbocycles. The summed E-state index contributed by atoms with van der Waals surface area (Å²) in [6.07, 6.45) is 3.26. The van der Waals surface area contributed by atoms with E-state index in [0.717, 1.165) is 24.2 Å². The van der Waals surface area contributed by atoms with Gasteiger partial charge in [-0.25, -0.2) is 0 Å². The predicted octanol–water partition coefficient (Wildman–Crippen LogP) is 1.30. The van der Waals surface area contributed by atoms with E-state index in [-0.39, 0.29) is 11.9 Å². The van der Waals surface area contributed by atoms with E-state index in [0.29, 0.717) is 24.3 Å². The quantitative estimate of drug-likeness (QED) is 0.916. The van der Waals surface area contributed by atoms with Crippen molar-refractivity contribution in [2.24, 2.45) is 5.73 Å². The first kappa shape index (κ1) is 16.2. The number of hydrogen-bond donors (Lipinski definition) is 1. The van der Waals surface area contributed by atoms with Crippen LogP contribution in [-0.4, -0.2) is 44.1 Å². The standard InChI is InChI=1S/C17H21N5O2/c1-11-8-12(2)22(20-11)10-14-4-3-7-21(14)17(24)15-6-5-13(9-19-15)16(18)23/h5-6,8-9,14H,3-4,7,10H2,1-2H3,(H2,18,23)/t14-/m0/s1. The van der Waals surface area contributed by atoms with Crippen molar-refractivity contribution < 1.29 is 9.59 Å². The molecule has 0 unspecified atom stereocenters. The van der Waals surface area contributed by atoms with Gasteiger partial charge < -0.3 is 10.6 Å². The summed E-state index contributed by atoms with van der Waals surface area (Å²) < 4.78 is 1.95. The zero-order chi connectivity index (χ0) is 17.3. The SMILES string of the molecule is Cc1cc(C)n(C[C@@H]2CCCN2C(=O)c2ccc(C(N)=O)cn2)n1. The third-order valence-electron chi connectivity index (χ3n) is 4.39. The van der Waals surface area contributed by atoms with Gasteiger partial charge in [-0.2, -0.15) is 5.10 Å². The topological polar surface area (TPSA) is 94.1 Å². The number of nitrogens with zero attached hydrogens (tertiary/aromatic N) is 4. The molecule has 2 amide bonds. The molecule has 1 fully saturated rings. The first-order valence-corrected chi connectivity index (χ1v) is 8.03. The van der Waals surface area contributed by atoms with Crippen LogP contribution in [0, 0.1) is 13.8 Å². The Labute approximate surface area is 140 Å². The van der Waals surface area contributed by atoms with Crippen molar-refractivity contribution in [2.75, 3.05) is 6.54 Å². The molecule has 7 heteroatoms. The molecule has 0 aliphatic carbocycles. The van der Waals surface area contributed by atoms with Gasteiger partial charge >= 0.3 is 0 Å². The molecule has 24 heavy (non-hydrogen) atoms. The molecule has 0 bridgehead atoms. The minimum atomic E-state index is -0.551. The Balaban J connectivity index is 1.75. The zero-order valence-electron chi connectivity index (χ0n) is 13.9. The normalized spacial score (nSPS) is 17.2. The number of aryl methyl sites for hydroxylation is 2. The van der Waals surface area contributed by atoms with Gasteiger partial charge in [0.2, 0.25) is 5.91 Å². The number of hydrogen-bond acceptors (Lipinski definition) is 4. The number of nitrogens with two attached hydrogens (primary N) is 1. The van der Waals surface area contributed by atoms with E-state index in [9.17, 15) is 9.59 Å². The van der Waals surface area contributed by atoms with Crippen LogP contribution in [0.3, 0.4) is 0 Å². The molecular weight excluding hydrogens is 306 g/mol. The maximum absolute atomic E-state index is 12.7. The minimum absolute atomic E-state index is 0.105. The summed E-state index contributed by atoms with van der Waals surface area (Å²) >= 11 is 0. The molecule has 126 valence electrons. The number of pyridine rings is 1. The van der Waals surface area contributed by atoms with Crippen molar-refractivity contribution in [3.8, 4) is 0 Å². The van der Waals surface area contributed by atoms with Gasteiger partial charge in [0.15, 0.2) is 0 Å². The molecule has 1 saturated heterocycles. The third kappa shape index (κ3) is 3.15. The van der Waals surface area contributed by atoms with E-state index in [2.05, 4.69) is 10.1 Å².